The molecule has 0 unspecified atom stereocenters. The van der Waals surface area contributed by atoms with Crippen LogP contribution in [-0.2, 0) is 5.41 Å². The summed E-state index contributed by atoms with van der Waals surface area (Å²) in [7, 11) is 0. The minimum absolute atomic E-state index is 0.193. The average molecular weight is 258 g/mol. The van der Waals surface area contributed by atoms with Gasteiger partial charge in [-0.05, 0) is 35.2 Å². The summed E-state index contributed by atoms with van der Waals surface area (Å²) >= 11 is 1.63. The van der Waals surface area contributed by atoms with Crippen LogP contribution in [0.25, 0.3) is 0 Å². The molecule has 0 saturated carbocycles. The van der Waals surface area contributed by atoms with Crippen LogP contribution < -0.4 is 5.73 Å². The number of hydrogen-bond acceptors (Lipinski definition) is 3. The smallest absolute Gasteiger partial charge is 0.124 e. The molecule has 2 rings (SSSR count). The van der Waals surface area contributed by atoms with Crippen molar-refractivity contribution in [3.8, 4) is 0 Å². The lowest BCUT2D eigenvalue weighted by Crippen LogP contribution is -2.10. The van der Waals surface area contributed by atoms with E-state index in [2.05, 4.69) is 50.0 Å². The first-order valence-electron chi connectivity index (χ1n) is 5.96. The predicted molar refractivity (Wildman–Crippen MR) is 77.9 cm³/mol. The highest BCUT2D eigenvalue weighted by Gasteiger charge is 2.12. The van der Waals surface area contributed by atoms with Gasteiger partial charge in [-0.15, -0.1) is 0 Å². The van der Waals surface area contributed by atoms with Crippen molar-refractivity contribution < 1.29 is 0 Å². The molecule has 2 aromatic rings. The van der Waals surface area contributed by atoms with Crippen molar-refractivity contribution in [2.24, 2.45) is 0 Å². The molecule has 1 heterocycles. The Morgan fingerprint density at radius 2 is 1.67 bits per heavy atom. The third kappa shape index (κ3) is 3.26. The van der Waals surface area contributed by atoms with Crippen LogP contribution in [0.15, 0.2) is 52.4 Å². The van der Waals surface area contributed by atoms with E-state index < -0.39 is 0 Å². The maximum Gasteiger partial charge on any atom is 0.124 e. The van der Waals surface area contributed by atoms with Crippen LogP contribution in [0.1, 0.15) is 26.3 Å². The fourth-order valence-corrected chi connectivity index (χ4v) is 2.44. The molecule has 18 heavy (non-hydrogen) atoms. The van der Waals surface area contributed by atoms with E-state index in [1.807, 2.05) is 12.1 Å². The van der Waals surface area contributed by atoms with E-state index >= 15 is 0 Å². The van der Waals surface area contributed by atoms with E-state index in [0.29, 0.717) is 5.82 Å². The van der Waals surface area contributed by atoms with Crippen LogP contribution in [0.2, 0.25) is 0 Å². The molecule has 0 aliphatic carbocycles. The van der Waals surface area contributed by atoms with Gasteiger partial charge in [0.15, 0.2) is 0 Å². The molecule has 0 aliphatic heterocycles. The highest BCUT2D eigenvalue weighted by Crippen LogP contribution is 2.29. The third-order valence-electron chi connectivity index (χ3n) is 2.69. The molecule has 0 aliphatic rings. The molecule has 0 atom stereocenters. The third-order valence-corrected chi connectivity index (χ3v) is 3.63. The Hall–Kier alpha value is -1.48. The Kier molecular flexibility index (Phi) is 3.62. The SMILES string of the molecule is CC(C)(C)c1ccc(Sc2cccc(N)n2)cc1. The highest BCUT2D eigenvalue weighted by molar-refractivity contribution is 7.99. The number of pyridine rings is 1. The summed E-state index contributed by atoms with van der Waals surface area (Å²) in [6.07, 6.45) is 0. The lowest BCUT2D eigenvalue weighted by atomic mass is 9.87. The molecule has 2 nitrogen and oxygen atoms in total. The minimum Gasteiger partial charge on any atom is -0.384 e. The summed E-state index contributed by atoms with van der Waals surface area (Å²) in [5, 5.41) is 0.929. The van der Waals surface area contributed by atoms with Crippen molar-refractivity contribution in [3.63, 3.8) is 0 Å². The second-order valence-corrected chi connectivity index (χ2v) is 6.37. The van der Waals surface area contributed by atoms with Crippen LogP contribution in [0, 0.1) is 0 Å². The summed E-state index contributed by atoms with van der Waals surface area (Å²) < 4.78 is 0. The van der Waals surface area contributed by atoms with E-state index in [1.165, 1.54) is 10.5 Å². The highest BCUT2D eigenvalue weighted by atomic mass is 32.2. The molecular weight excluding hydrogens is 240 g/mol. The normalized spacial score (nSPS) is 11.5. The molecule has 0 bridgehead atoms. The maximum atomic E-state index is 5.67. The van der Waals surface area contributed by atoms with Crippen molar-refractivity contribution in [1.29, 1.82) is 0 Å². The molecule has 0 saturated heterocycles. The quantitative estimate of drug-likeness (QED) is 0.881. The summed E-state index contributed by atoms with van der Waals surface area (Å²) in [6.45, 7) is 6.65. The first-order chi connectivity index (χ1) is 8.45. The monoisotopic (exact) mass is 258 g/mol. The first kappa shape index (κ1) is 13.0. The molecule has 0 fully saturated rings. The molecule has 0 amide bonds. The van der Waals surface area contributed by atoms with Gasteiger partial charge in [-0.2, -0.15) is 0 Å². The van der Waals surface area contributed by atoms with Crippen LogP contribution in [0.3, 0.4) is 0 Å². The first-order valence-corrected chi connectivity index (χ1v) is 6.78. The average Bonchev–Trinajstić information content (AvgIpc) is 2.28. The van der Waals surface area contributed by atoms with Gasteiger partial charge in [-0.1, -0.05) is 50.7 Å². The van der Waals surface area contributed by atoms with E-state index in [0.717, 1.165) is 5.03 Å². The molecular formula is C15H18N2S. The van der Waals surface area contributed by atoms with Gasteiger partial charge in [0.25, 0.3) is 0 Å². The number of nitrogen functional groups attached to an aromatic ring is 1. The Morgan fingerprint density at radius 1 is 1.00 bits per heavy atom. The number of benzene rings is 1. The van der Waals surface area contributed by atoms with Crippen LogP contribution in [-0.4, -0.2) is 4.98 Å². The molecule has 2 N–H and O–H groups in total. The Balaban J connectivity index is 2.16. The molecule has 3 heteroatoms. The summed E-state index contributed by atoms with van der Waals surface area (Å²) in [5.41, 5.74) is 7.20. The predicted octanol–water partition coefficient (Wildman–Crippen LogP) is 4.11. The summed E-state index contributed by atoms with van der Waals surface area (Å²) in [4.78, 5) is 5.46. The topological polar surface area (TPSA) is 38.9 Å². The fraction of sp³-hybridized carbons (Fsp3) is 0.267. The van der Waals surface area contributed by atoms with Gasteiger partial charge in [0, 0.05) is 4.90 Å². The second kappa shape index (κ2) is 5.02. The Labute approximate surface area is 113 Å². The van der Waals surface area contributed by atoms with E-state index in [-0.39, 0.29) is 5.41 Å². The largest absolute Gasteiger partial charge is 0.384 e. The van der Waals surface area contributed by atoms with Crippen molar-refractivity contribution in [2.45, 2.75) is 36.1 Å². The zero-order valence-electron chi connectivity index (χ0n) is 11.0. The van der Waals surface area contributed by atoms with Gasteiger partial charge in [-0.25, -0.2) is 4.98 Å². The van der Waals surface area contributed by atoms with Gasteiger partial charge in [0.1, 0.15) is 10.8 Å². The van der Waals surface area contributed by atoms with Crippen LogP contribution in [0.5, 0.6) is 0 Å². The van der Waals surface area contributed by atoms with Crippen LogP contribution >= 0.6 is 11.8 Å². The zero-order chi connectivity index (χ0) is 13.2. The summed E-state index contributed by atoms with van der Waals surface area (Å²) in [5.74, 6) is 0.561. The molecule has 94 valence electrons. The Bertz CT molecular complexity index is 527. The lowest BCUT2D eigenvalue weighted by molar-refractivity contribution is 0.590. The standard InChI is InChI=1S/C15H18N2S/c1-15(2,3)11-7-9-12(10-8-11)18-14-6-4-5-13(16)17-14/h4-10H,1-3H3,(H2,16,17). The molecule has 0 radical (unpaired) electrons. The minimum atomic E-state index is 0.193. The van der Waals surface area contributed by atoms with Crippen molar-refractivity contribution in [3.05, 3.63) is 48.0 Å². The number of anilines is 1. The number of rotatable bonds is 2. The van der Waals surface area contributed by atoms with E-state index in [9.17, 15) is 0 Å². The number of hydrogen-bond donors (Lipinski definition) is 1. The number of nitrogens with two attached hydrogens (primary N) is 1. The Morgan fingerprint density at radius 3 is 2.22 bits per heavy atom. The van der Waals surface area contributed by atoms with Gasteiger partial charge in [0.2, 0.25) is 0 Å². The van der Waals surface area contributed by atoms with E-state index in [4.69, 9.17) is 5.73 Å². The van der Waals surface area contributed by atoms with Crippen molar-refractivity contribution in [1.82, 2.24) is 4.98 Å². The molecule has 0 spiro atoms. The van der Waals surface area contributed by atoms with E-state index in [1.54, 1.807) is 17.8 Å². The fourth-order valence-electron chi connectivity index (χ4n) is 1.63. The molecule has 1 aromatic heterocycles. The molecule has 1 aromatic carbocycles. The van der Waals surface area contributed by atoms with Crippen LogP contribution in [0.4, 0.5) is 5.82 Å². The van der Waals surface area contributed by atoms with Gasteiger partial charge >= 0.3 is 0 Å². The van der Waals surface area contributed by atoms with Crippen molar-refractivity contribution >= 4 is 17.6 Å². The zero-order valence-corrected chi connectivity index (χ0v) is 11.8. The maximum absolute atomic E-state index is 5.67. The lowest BCUT2D eigenvalue weighted by Gasteiger charge is -2.18. The second-order valence-electron chi connectivity index (χ2n) is 5.28. The van der Waals surface area contributed by atoms with Crippen molar-refractivity contribution in [2.75, 3.05) is 5.73 Å². The summed E-state index contributed by atoms with van der Waals surface area (Å²) in [6, 6.07) is 14.3. The number of aromatic nitrogens is 1. The van der Waals surface area contributed by atoms with Gasteiger partial charge in [0.05, 0.1) is 0 Å². The number of nitrogens with zero attached hydrogens (tertiary/aromatic N) is 1. The van der Waals surface area contributed by atoms with Gasteiger partial charge in [-0.3, -0.25) is 0 Å². The van der Waals surface area contributed by atoms with Gasteiger partial charge < -0.3 is 5.73 Å².